The van der Waals surface area contributed by atoms with Crippen LogP contribution in [-0.4, -0.2) is 42.3 Å². The highest BCUT2D eigenvalue weighted by Gasteiger charge is 2.23. The van der Waals surface area contributed by atoms with E-state index in [9.17, 15) is 4.79 Å². The number of rotatable bonds is 6. The smallest absolute Gasteiger partial charge is 0.261 e. The van der Waals surface area contributed by atoms with Gasteiger partial charge in [0.25, 0.3) is 5.91 Å². The van der Waals surface area contributed by atoms with Gasteiger partial charge in [0.1, 0.15) is 17.1 Å². The topological polar surface area (TPSA) is 77.7 Å². The Morgan fingerprint density at radius 2 is 1.60 bits per heavy atom. The predicted molar refractivity (Wildman–Crippen MR) is 114 cm³/mol. The summed E-state index contributed by atoms with van der Waals surface area (Å²) in [7, 11) is 4.69. The summed E-state index contributed by atoms with van der Waals surface area (Å²) in [5.74, 6) is 1.38. The van der Waals surface area contributed by atoms with Crippen molar-refractivity contribution in [2.24, 2.45) is 0 Å². The van der Waals surface area contributed by atoms with Crippen LogP contribution >= 0.6 is 0 Å². The van der Waals surface area contributed by atoms with Crippen LogP contribution in [0.5, 0.6) is 11.5 Å². The Morgan fingerprint density at radius 1 is 1.00 bits per heavy atom. The van der Waals surface area contributed by atoms with E-state index in [4.69, 9.17) is 13.9 Å². The Labute approximate surface area is 176 Å². The number of carbonyl (C=O) groups excluding carboxylic acids is 1. The van der Waals surface area contributed by atoms with Crippen molar-refractivity contribution in [3.63, 3.8) is 0 Å². The van der Waals surface area contributed by atoms with E-state index < -0.39 is 0 Å². The first-order valence-electron chi connectivity index (χ1n) is 9.64. The summed E-state index contributed by atoms with van der Waals surface area (Å²) < 4.78 is 16.4. The van der Waals surface area contributed by atoms with Gasteiger partial charge in [0.2, 0.25) is 11.8 Å². The lowest BCUT2D eigenvalue weighted by Crippen LogP contribution is -2.27. The minimum absolute atomic E-state index is 0.0706. The Hall–Kier alpha value is -3.35. The second kappa shape index (κ2) is 8.57. The standard InChI is InChI=1S/C23H27N3O4/c1-23(2,3)16-12-10-15(11-13-16)21-25-24-19(30-21)14-26(4)22(27)20-17(28-5)8-7-9-18(20)29-6/h7-13H,14H2,1-6H3. The van der Waals surface area contributed by atoms with Crippen LogP contribution in [-0.2, 0) is 12.0 Å². The Bertz CT molecular complexity index is 997. The average molecular weight is 409 g/mol. The van der Waals surface area contributed by atoms with E-state index in [0.717, 1.165) is 5.56 Å². The number of ether oxygens (including phenoxy) is 2. The van der Waals surface area contributed by atoms with Crippen molar-refractivity contribution in [1.29, 1.82) is 0 Å². The third-order valence-electron chi connectivity index (χ3n) is 4.83. The van der Waals surface area contributed by atoms with Gasteiger partial charge in [-0.1, -0.05) is 39.0 Å². The van der Waals surface area contributed by atoms with E-state index in [1.807, 2.05) is 12.1 Å². The van der Waals surface area contributed by atoms with Gasteiger partial charge in [-0.05, 0) is 35.2 Å². The molecule has 0 bridgehead atoms. The Balaban J connectivity index is 1.77. The zero-order valence-corrected chi connectivity index (χ0v) is 18.2. The highest BCUT2D eigenvalue weighted by atomic mass is 16.5. The maximum atomic E-state index is 13.0. The molecule has 2 aromatic carbocycles. The van der Waals surface area contributed by atoms with Crippen molar-refractivity contribution in [2.45, 2.75) is 32.7 Å². The molecule has 0 atom stereocenters. The molecule has 0 N–H and O–H groups in total. The molecule has 3 rings (SSSR count). The van der Waals surface area contributed by atoms with E-state index in [-0.39, 0.29) is 17.9 Å². The maximum Gasteiger partial charge on any atom is 0.261 e. The van der Waals surface area contributed by atoms with E-state index in [1.54, 1.807) is 25.2 Å². The number of hydrogen-bond donors (Lipinski definition) is 0. The SMILES string of the molecule is COc1cccc(OC)c1C(=O)N(C)Cc1nnc(-c2ccc(C(C)(C)C)cc2)o1. The molecule has 0 unspecified atom stereocenters. The highest BCUT2D eigenvalue weighted by Crippen LogP contribution is 2.30. The zero-order valence-electron chi connectivity index (χ0n) is 18.2. The fourth-order valence-electron chi connectivity index (χ4n) is 3.07. The monoisotopic (exact) mass is 409 g/mol. The molecule has 1 amide bonds. The quantitative estimate of drug-likeness (QED) is 0.603. The lowest BCUT2D eigenvalue weighted by molar-refractivity contribution is 0.0766. The zero-order chi connectivity index (χ0) is 21.9. The summed E-state index contributed by atoms with van der Waals surface area (Å²) in [6.07, 6.45) is 0. The second-order valence-electron chi connectivity index (χ2n) is 8.03. The molecule has 7 nitrogen and oxygen atoms in total. The van der Waals surface area contributed by atoms with Crippen LogP contribution in [0.1, 0.15) is 42.6 Å². The molecular formula is C23H27N3O4. The van der Waals surface area contributed by atoms with Crippen LogP contribution in [0.15, 0.2) is 46.9 Å². The fraction of sp³-hybridized carbons (Fsp3) is 0.348. The number of carbonyl (C=O) groups is 1. The van der Waals surface area contributed by atoms with Crippen LogP contribution in [0.3, 0.4) is 0 Å². The minimum atomic E-state index is -0.265. The fourth-order valence-corrected chi connectivity index (χ4v) is 3.07. The first-order valence-corrected chi connectivity index (χ1v) is 9.64. The largest absolute Gasteiger partial charge is 0.496 e. The van der Waals surface area contributed by atoms with Crippen molar-refractivity contribution >= 4 is 5.91 Å². The Morgan fingerprint density at radius 3 is 2.13 bits per heavy atom. The number of hydrogen-bond acceptors (Lipinski definition) is 6. The number of nitrogens with zero attached hydrogens (tertiary/aromatic N) is 3. The molecule has 7 heteroatoms. The van der Waals surface area contributed by atoms with Gasteiger partial charge in [-0.25, -0.2) is 0 Å². The molecule has 158 valence electrons. The molecule has 0 saturated carbocycles. The van der Waals surface area contributed by atoms with Crippen LogP contribution in [0.25, 0.3) is 11.5 Å². The first kappa shape index (κ1) is 21.4. The van der Waals surface area contributed by atoms with Gasteiger partial charge in [0.05, 0.1) is 20.8 Å². The van der Waals surface area contributed by atoms with Crippen molar-refractivity contribution in [1.82, 2.24) is 15.1 Å². The van der Waals surface area contributed by atoms with Gasteiger partial charge in [-0.2, -0.15) is 0 Å². The molecule has 3 aromatic rings. The number of methoxy groups -OCH3 is 2. The molecule has 0 saturated heterocycles. The highest BCUT2D eigenvalue weighted by molar-refractivity contribution is 5.99. The third kappa shape index (κ3) is 4.45. The molecule has 1 aromatic heterocycles. The molecule has 0 spiro atoms. The lowest BCUT2D eigenvalue weighted by atomic mass is 9.87. The normalized spacial score (nSPS) is 11.3. The molecule has 0 fully saturated rings. The van der Waals surface area contributed by atoms with Crippen molar-refractivity contribution in [3.8, 4) is 23.0 Å². The van der Waals surface area contributed by atoms with Gasteiger partial charge < -0.3 is 18.8 Å². The van der Waals surface area contributed by atoms with Crippen LogP contribution in [0, 0.1) is 0 Å². The first-order chi connectivity index (χ1) is 14.2. The summed E-state index contributed by atoms with van der Waals surface area (Å²) in [4.78, 5) is 14.5. The van der Waals surface area contributed by atoms with E-state index in [2.05, 4.69) is 43.1 Å². The summed E-state index contributed by atoms with van der Waals surface area (Å²) in [5.41, 5.74) is 2.48. The van der Waals surface area contributed by atoms with Crippen LogP contribution < -0.4 is 9.47 Å². The van der Waals surface area contributed by atoms with Crippen molar-refractivity contribution in [3.05, 3.63) is 59.5 Å². The molecule has 30 heavy (non-hydrogen) atoms. The van der Waals surface area contributed by atoms with Crippen LogP contribution in [0.2, 0.25) is 0 Å². The number of benzene rings is 2. The Kier molecular flexibility index (Phi) is 6.10. The van der Waals surface area contributed by atoms with Gasteiger partial charge in [-0.3, -0.25) is 4.79 Å². The number of aromatic nitrogens is 2. The third-order valence-corrected chi connectivity index (χ3v) is 4.83. The molecule has 1 heterocycles. The van der Waals surface area contributed by atoms with Crippen molar-refractivity contribution in [2.75, 3.05) is 21.3 Å². The van der Waals surface area contributed by atoms with Gasteiger partial charge in [0.15, 0.2) is 0 Å². The lowest BCUT2D eigenvalue weighted by Gasteiger charge is -2.19. The van der Waals surface area contributed by atoms with Gasteiger partial charge in [0, 0.05) is 12.6 Å². The van der Waals surface area contributed by atoms with E-state index in [1.165, 1.54) is 24.7 Å². The van der Waals surface area contributed by atoms with Crippen molar-refractivity contribution < 1.29 is 18.7 Å². The average Bonchev–Trinajstić information content (AvgIpc) is 3.20. The minimum Gasteiger partial charge on any atom is -0.496 e. The van der Waals surface area contributed by atoms with Crippen LogP contribution in [0.4, 0.5) is 0 Å². The number of amides is 1. The van der Waals surface area contributed by atoms with E-state index in [0.29, 0.717) is 28.8 Å². The van der Waals surface area contributed by atoms with E-state index >= 15 is 0 Å². The summed E-state index contributed by atoms with van der Waals surface area (Å²) >= 11 is 0. The predicted octanol–water partition coefficient (Wildman–Crippen LogP) is 4.32. The summed E-state index contributed by atoms with van der Waals surface area (Å²) in [6.45, 7) is 6.65. The summed E-state index contributed by atoms with van der Waals surface area (Å²) in [5, 5.41) is 8.22. The maximum absolute atomic E-state index is 13.0. The van der Waals surface area contributed by atoms with Gasteiger partial charge >= 0.3 is 0 Å². The van der Waals surface area contributed by atoms with Gasteiger partial charge in [-0.15, -0.1) is 10.2 Å². The molecule has 0 aliphatic rings. The molecule has 0 aliphatic carbocycles. The summed E-state index contributed by atoms with van der Waals surface area (Å²) in [6, 6.07) is 13.2. The molecule has 0 aliphatic heterocycles. The molecular weight excluding hydrogens is 382 g/mol. The second-order valence-corrected chi connectivity index (χ2v) is 8.03. The molecule has 0 radical (unpaired) electrons.